The smallest absolute Gasteiger partial charge is 0.406 e. The first-order chi connectivity index (χ1) is 5.60. The van der Waals surface area contributed by atoms with Gasteiger partial charge >= 0.3 is 6.09 Å². The van der Waals surface area contributed by atoms with E-state index in [9.17, 15) is 4.79 Å². The highest BCUT2D eigenvalue weighted by molar-refractivity contribution is 6.25. The standard InChI is InChI=1S/C8H10ClNO2/c1-3-8(4-2,5-6-9)12-7(10)11/h1,5-6H,4H2,2H3,(H2,10,11)/b6-5-/t8-/m0/s1. The van der Waals surface area contributed by atoms with Gasteiger partial charge < -0.3 is 10.5 Å². The van der Waals surface area contributed by atoms with E-state index >= 15 is 0 Å². The number of halogens is 1. The zero-order chi connectivity index (χ0) is 9.61. The van der Waals surface area contributed by atoms with Gasteiger partial charge in [0.25, 0.3) is 0 Å². The minimum Gasteiger partial charge on any atom is -0.426 e. The number of rotatable bonds is 3. The van der Waals surface area contributed by atoms with E-state index < -0.39 is 11.7 Å². The fourth-order valence-corrected chi connectivity index (χ4v) is 0.888. The molecule has 3 nitrogen and oxygen atoms in total. The minimum atomic E-state index is -1.10. The van der Waals surface area contributed by atoms with Crippen molar-refractivity contribution in [1.82, 2.24) is 0 Å². The molecule has 0 radical (unpaired) electrons. The quantitative estimate of drug-likeness (QED) is 0.683. The van der Waals surface area contributed by atoms with E-state index in [0.717, 1.165) is 0 Å². The number of primary amides is 1. The predicted octanol–water partition coefficient (Wildman–Crippen LogP) is 1.62. The van der Waals surface area contributed by atoms with Gasteiger partial charge in [-0.15, -0.1) is 6.42 Å². The Morgan fingerprint density at radius 1 is 1.92 bits per heavy atom. The van der Waals surface area contributed by atoms with Crippen molar-refractivity contribution in [2.75, 3.05) is 0 Å². The number of terminal acetylenes is 1. The van der Waals surface area contributed by atoms with Crippen molar-refractivity contribution in [2.45, 2.75) is 18.9 Å². The molecule has 4 heteroatoms. The molecule has 66 valence electrons. The second kappa shape index (κ2) is 4.68. The molecule has 2 N–H and O–H groups in total. The van der Waals surface area contributed by atoms with E-state index in [1.165, 1.54) is 11.6 Å². The van der Waals surface area contributed by atoms with Crippen molar-refractivity contribution in [1.29, 1.82) is 0 Å². The van der Waals surface area contributed by atoms with Crippen LogP contribution in [0.15, 0.2) is 11.6 Å². The average Bonchev–Trinajstić information content (AvgIpc) is 2.03. The summed E-state index contributed by atoms with van der Waals surface area (Å²) in [4.78, 5) is 10.4. The van der Waals surface area contributed by atoms with Gasteiger partial charge in [0, 0.05) is 5.54 Å². The molecule has 0 heterocycles. The Labute approximate surface area is 76.5 Å². The van der Waals surface area contributed by atoms with E-state index in [2.05, 4.69) is 5.92 Å². The highest BCUT2D eigenvalue weighted by atomic mass is 35.5. The molecular weight excluding hydrogens is 178 g/mol. The van der Waals surface area contributed by atoms with Gasteiger partial charge in [0.2, 0.25) is 0 Å². The summed E-state index contributed by atoms with van der Waals surface area (Å²) in [5, 5.41) is 0. The van der Waals surface area contributed by atoms with Gasteiger partial charge in [0.05, 0.1) is 0 Å². The predicted molar refractivity (Wildman–Crippen MR) is 47.5 cm³/mol. The van der Waals surface area contributed by atoms with Crippen LogP contribution in [0, 0.1) is 12.3 Å². The third kappa shape index (κ3) is 2.85. The Morgan fingerprint density at radius 3 is 2.75 bits per heavy atom. The van der Waals surface area contributed by atoms with Crippen LogP contribution in [0.3, 0.4) is 0 Å². The maximum atomic E-state index is 10.4. The zero-order valence-electron chi connectivity index (χ0n) is 6.71. The van der Waals surface area contributed by atoms with Gasteiger partial charge in [-0.25, -0.2) is 4.79 Å². The Kier molecular flexibility index (Phi) is 4.24. The average molecular weight is 188 g/mol. The van der Waals surface area contributed by atoms with Crippen LogP contribution in [0.4, 0.5) is 4.79 Å². The van der Waals surface area contributed by atoms with Crippen molar-refractivity contribution < 1.29 is 9.53 Å². The number of carbonyl (C=O) groups excluding carboxylic acids is 1. The zero-order valence-corrected chi connectivity index (χ0v) is 7.47. The molecule has 0 aliphatic heterocycles. The summed E-state index contributed by atoms with van der Waals surface area (Å²) in [5.74, 6) is 2.30. The molecule has 1 atom stereocenters. The second-order valence-electron chi connectivity index (χ2n) is 2.10. The van der Waals surface area contributed by atoms with Gasteiger partial charge in [0.1, 0.15) is 0 Å². The summed E-state index contributed by atoms with van der Waals surface area (Å²) < 4.78 is 4.71. The molecule has 0 spiro atoms. The fraction of sp³-hybridized carbons (Fsp3) is 0.375. The molecule has 0 saturated carbocycles. The fourth-order valence-electron chi connectivity index (χ4n) is 0.685. The monoisotopic (exact) mass is 187 g/mol. The van der Waals surface area contributed by atoms with E-state index in [4.69, 9.17) is 28.5 Å². The van der Waals surface area contributed by atoms with Crippen LogP contribution in [0.5, 0.6) is 0 Å². The van der Waals surface area contributed by atoms with Crippen LogP contribution in [-0.2, 0) is 4.74 Å². The lowest BCUT2D eigenvalue weighted by molar-refractivity contribution is 0.0902. The molecule has 0 saturated heterocycles. The molecular formula is C8H10ClNO2. The molecule has 0 aromatic rings. The van der Waals surface area contributed by atoms with Gasteiger partial charge in [0.15, 0.2) is 5.60 Å². The molecule has 0 bridgehead atoms. The maximum Gasteiger partial charge on any atom is 0.406 e. The van der Waals surface area contributed by atoms with Crippen LogP contribution in [-0.4, -0.2) is 11.7 Å². The van der Waals surface area contributed by atoms with Crippen LogP contribution in [0.2, 0.25) is 0 Å². The Bertz CT molecular complexity index is 232. The van der Waals surface area contributed by atoms with Gasteiger partial charge in [-0.1, -0.05) is 24.4 Å². The van der Waals surface area contributed by atoms with Gasteiger partial charge in [-0.05, 0) is 12.5 Å². The van der Waals surface area contributed by atoms with E-state index in [1.54, 1.807) is 6.92 Å². The molecule has 0 rings (SSSR count). The molecule has 0 fully saturated rings. The Morgan fingerprint density at radius 2 is 2.50 bits per heavy atom. The molecule has 12 heavy (non-hydrogen) atoms. The molecule has 0 aliphatic carbocycles. The maximum absolute atomic E-state index is 10.4. The van der Waals surface area contributed by atoms with E-state index in [-0.39, 0.29) is 0 Å². The second-order valence-corrected chi connectivity index (χ2v) is 2.35. The van der Waals surface area contributed by atoms with Crippen LogP contribution in [0.1, 0.15) is 13.3 Å². The lowest BCUT2D eigenvalue weighted by Gasteiger charge is -2.21. The molecule has 0 unspecified atom stereocenters. The van der Waals surface area contributed by atoms with Crippen molar-refractivity contribution in [3.63, 3.8) is 0 Å². The summed E-state index contributed by atoms with van der Waals surface area (Å²) in [5.41, 5.74) is 4.92. The molecule has 0 aromatic carbocycles. The lowest BCUT2D eigenvalue weighted by atomic mass is 10.0. The van der Waals surface area contributed by atoms with Crippen molar-refractivity contribution in [3.8, 4) is 12.3 Å². The van der Waals surface area contributed by atoms with Crippen molar-refractivity contribution in [3.05, 3.63) is 11.6 Å². The minimum absolute atomic E-state index is 0.426. The number of hydrogen-bond acceptors (Lipinski definition) is 2. The van der Waals surface area contributed by atoms with E-state index in [1.807, 2.05) is 0 Å². The Balaban J connectivity index is 4.60. The third-order valence-electron chi connectivity index (χ3n) is 1.38. The number of hydrogen-bond donors (Lipinski definition) is 1. The molecule has 1 amide bonds. The summed E-state index contributed by atoms with van der Waals surface area (Å²) in [6, 6.07) is 0. The number of amides is 1. The number of carbonyl (C=O) groups is 1. The largest absolute Gasteiger partial charge is 0.426 e. The van der Waals surface area contributed by atoms with Crippen LogP contribution < -0.4 is 5.73 Å². The van der Waals surface area contributed by atoms with E-state index in [0.29, 0.717) is 6.42 Å². The highest BCUT2D eigenvalue weighted by Crippen LogP contribution is 2.17. The van der Waals surface area contributed by atoms with Gasteiger partial charge in [-0.2, -0.15) is 0 Å². The van der Waals surface area contributed by atoms with Crippen molar-refractivity contribution >= 4 is 17.7 Å². The third-order valence-corrected chi connectivity index (χ3v) is 1.51. The first kappa shape index (κ1) is 10.9. The lowest BCUT2D eigenvalue weighted by Crippen LogP contribution is -2.33. The number of ether oxygens (including phenoxy) is 1. The highest BCUT2D eigenvalue weighted by Gasteiger charge is 2.25. The summed E-state index contributed by atoms with van der Waals surface area (Å²) in [6.07, 6.45) is 6.08. The number of nitrogens with two attached hydrogens (primary N) is 1. The molecule has 0 aliphatic rings. The Hall–Kier alpha value is -1.14. The summed E-state index contributed by atoms with van der Waals surface area (Å²) in [7, 11) is 0. The first-order valence-electron chi connectivity index (χ1n) is 3.34. The van der Waals surface area contributed by atoms with Gasteiger partial charge in [-0.3, -0.25) is 0 Å². The normalized spacial score (nSPS) is 15.1. The van der Waals surface area contributed by atoms with Crippen LogP contribution >= 0.6 is 11.6 Å². The molecule has 0 aromatic heterocycles. The van der Waals surface area contributed by atoms with Crippen molar-refractivity contribution in [2.24, 2.45) is 5.73 Å². The first-order valence-corrected chi connectivity index (χ1v) is 3.78. The van der Waals surface area contributed by atoms with Crippen LogP contribution in [0.25, 0.3) is 0 Å². The topological polar surface area (TPSA) is 52.3 Å². The summed E-state index contributed by atoms with van der Waals surface area (Å²) in [6.45, 7) is 1.76. The summed E-state index contributed by atoms with van der Waals surface area (Å²) >= 11 is 5.32. The SMILES string of the molecule is C#C[C@@](/C=C\Cl)(CC)OC(N)=O.